The minimum absolute atomic E-state index is 0.996. The second-order valence-corrected chi connectivity index (χ2v) is 5.72. The number of benzene rings is 1. The molecule has 4 heteroatoms. The van der Waals surface area contributed by atoms with Crippen LogP contribution in [-0.2, 0) is 6.42 Å². The van der Waals surface area contributed by atoms with Gasteiger partial charge in [-0.1, -0.05) is 6.07 Å². The van der Waals surface area contributed by atoms with Gasteiger partial charge in [0.15, 0.2) is 0 Å². The number of rotatable bonds is 5. The Balaban J connectivity index is 1.46. The number of unbranched alkanes of at least 4 members (excludes halogenated alkanes) is 1. The summed E-state index contributed by atoms with van der Waals surface area (Å²) in [6.07, 6.45) is 3.72. The quantitative estimate of drug-likeness (QED) is 0.819. The molecular formula is C16H24N4. The van der Waals surface area contributed by atoms with Crippen LogP contribution in [0.1, 0.15) is 24.2 Å². The van der Waals surface area contributed by atoms with Gasteiger partial charge in [0, 0.05) is 26.2 Å². The molecule has 108 valence electrons. The van der Waals surface area contributed by atoms with Crippen molar-refractivity contribution in [1.82, 2.24) is 20.2 Å². The summed E-state index contributed by atoms with van der Waals surface area (Å²) in [5.41, 5.74) is 3.66. The molecule has 1 aromatic heterocycles. The van der Waals surface area contributed by atoms with E-state index < -0.39 is 0 Å². The Kier molecular flexibility index (Phi) is 4.33. The first-order valence-electron chi connectivity index (χ1n) is 7.69. The molecule has 1 fully saturated rings. The van der Waals surface area contributed by atoms with Gasteiger partial charge in [0.1, 0.15) is 5.82 Å². The van der Waals surface area contributed by atoms with Crippen molar-refractivity contribution in [3.05, 3.63) is 29.6 Å². The number of aromatic nitrogens is 2. The second kappa shape index (κ2) is 6.37. The lowest BCUT2D eigenvalue weighted by Crippen LogP contribution is -2.43. The lowest BCUT2D eigenvalue weighted by molar-refractivity contribution is 0.237. The van der Waals surface area contributed by atoms with Crippen LogP contribution in [0.5, 0.6) is 0 Å². The van der Waals surface area contributed by atoms with E-state index >= 15 is 0 Å². The molecule has 2 aromatic rings. The van der Waals surface area contributed by atoms with Gasteiger partial charge in [0.25, 0.3) is 0 Å². The smallest absolute Gasteiger partial charge is 0.104 e. The van der Waals surface area contributed by atoms with E-state index in [0.29, 0.717) is 0 Å². The zero-order valence-electron chi connectivity index (χ0n) is 12.3. The maximum absolute atomic E-state index is 4.44. The molecule has 3 rings (SSSR count). The number of fused-ring (bicyclic) bond motifs is 1. The fourth-order valence-electron chi connectivity index (χ4n) is 2.94. The predicted octanol–water partition coefficient (Wildman–Crippen LogP) is 2.10. The van der Waals surface area contributed by atoms with Crippen molar-refractivity contribution in [2.75, 3.05) is 32.7 Å². The number of hydrogen-bond acceptors (Lipinski definition) is 3. The van der Waals surface area contributed by atoms with Gasteiger partial charge >= 0.3 is 0 Å². The van der Waals surface area contributed by atoms with Gasteiger partial charge in [-0.25, -0.2) is 4.98 Å². The van der Waals surface area contributed by atoms with E-state index in [9.17, 15) is 0 Å². The Morgan fingerprint density at radius 3 is 2.90 bits per heavy atom. The van der Waals surface area contributed by atoms with Crippen LogP contribution in [0.15, 0.2) is 18.2 Å². The summed E-state index contributed by atoms with van der Waals surface area (Å²) in [6.45, 7) is 7.96. The largest absolute Gasteiger partial charge is 0.342 e. The van der Waals surface area contributed by atoms with Gasteiger partial charge in [-0.15, -0.1) is 0 Å². The molecule has 0 unspecified atom stereocenters. The van der Waals surface area contributed by atoms with E-state index in [0.717, 1.165) is 24.4 Å². The van der Waals surface area contributed by atoms with Crippen LogP contribution in [0.25, 0.3) is 11.0 Å². The molecule has 0 radical (unpaired) electrons. The average molecular weight is 272 g/mol. The third-order valence-electron chi connectivity index (χ3n) is 4.06. The minimum Gasteiger partial charge on any atom is -0.342 e. The highest BCUT2D eigenvalue weighted by atomic mass is 15.2. The third kappa shape index (κ3) is 3.38. The molecule has 1 saturated heterocycles. The number of aromatic amines is 1. The van der Waals surface area contributed by atoms with E-state index in [1.165, 1.54) is 50.0 Å². The zero-order valence-corrected chi connectivity index (χ0v) is 12.3. The lowest BCUT2D eigenvalue weighted by Gasteiger charge is -2.27. The van der Waals surface area contributed by atoms with Crippen LogP contribution in [0.3, 0.4) is 0 Å². The number of hydrogen-bond donors (Lipinski definition) is 2. The fraction of sp³-hybridized carbons (Fsp3) is 0.562. The van der Waals surface area contributed by atoms with Crippen molar-refractivity contribution < 1.29 is 0 Å². The first-order valence-corrected chi connectivity index (χ1v) is 7.69. The van der Waals surface area contributed by atoms with Crippen molar-refractivity contribution in [3.63, 3.8) is 0 Å². The molecule has 0 saturated carbocycles. The molecule has 1 aliphatic rings. The Morgan fingerprint density at radius 1 is 1.20 bits per heavy atom. The van der Waals surface area contributed by atoms with Crippen LogP contribution in [0.4, 0.5) is 0 Å². The lowest BCUT2D eigenvalue weighted by atomic mass is 10.1. The first kappa shape index (κ1) is 13.6. The summed E-state index contributed by atoms with van der Waals surface area (Å²) in [4.78, 5) is 10.3. The zero-order chi connectivity index (χ0) is 13.8. The van der Waals surface area contributed by atoms with Gasteiger partial charge in [-0.05, 0) is 50.4 Å². The molecule has 0 spiro atoms. The van der Waals surface area contributed by atoms with Gasteiger partial charge in [0.2, 0.25) is 0 Å². The van der Waals surface area contributed by atoms with Crippen molar-refractivity contribution >= 4 is 11.0 Å². The molecule has 4 nitrogen and oxygen atoms in total. The number of nitrogens with zero attached hydrogens (tertiary/aromatic N) is 2. The summed E-state index contributed by atoms with van der Waals surface area (Å²) < 4.78 is 0. The van der Waals surface area contributed by atoms with E-state index in [2.05, 4.69) is 38.4 Å². The predicted molar refractivity (Wildman–Crippen MR) is 83.1 cm³/mol. The van der Waals surface area contributed by atoms with Gasteiger partial charge in [-0.2, -0.15) is 0 Å². The van der Waals surface area contributed by atoms with Crippen LogP contribution in [-0.4, -0.2) is 47.6 Å². The van der Waals surface area contributed by atoms with Crippen LogP contribution in [0.2, 0.25) is 0 Å². The van der Waals surface area contributed by atoms with E-state index in [4.69, 9.17) is 0 Å². The van der Waals surface area contributed by atoms with Crippen molar-refractivity contribution in [1.29, 1.82) is 0 Å². The van der Waals surface area contributed by atoms with E-state index in [1.54, 1.807) is 0 Å². The number of nitrogens with one attached hydrogen (secondary N) is 2. The van der Waals surface area contributed by atoms with Crippen LogP contribution in [0, 0.1) is 6.92 Å². The molecule has 0 atom stereocenters. The van der Waals surface area contributed by atoms with Crippen molar-refractivity contribution in [2.45, 2.75) is 26.2 Å². The molecule has 1 aromatic carbocycles. The van der Waals surface area contributed by atoms with Gasteiger partial charge in [0.05, 0.1) is 11.0 Å². The van der Waals surface area contributed by atoms with Crippen molar-refractivity contribution in [2.24, 2.45) is 0 Å². The molecule has 2 heterocycles. The topological polar surface area (TPSA) is 44.0 Å². The standard InChI is InChI=1S/C16H24N4/c1-13-18-15-6-5-14(12-16(15)19-13)4-2-3-9-20-10-7-17-8-11-20/h5-6,12,17H,2-4,7-11H2,1H3,(H,18,19). The first-order chi connectivity index (χ1) is 9.81. The molecule has 0 aliphatic carbocycles. The molecule has 0 amide bonds. The number of piperazine rings is 1. The Labute approximate surface area is 120 Å². The molecule has 0 bridgehead atoms. The highest BCUT2D eigenvalue weighted by Crippen LogP contribution is 2.15. The highest BCUT2D eigenvalue weighted by molar-refractivity contribution is 5.75. The Morgan fingerprint density at radius 2 is 2.05 bits per heavy atom. The summed E-state index contributed by atoms with van der Waals surface area (Å²) >= 11 is 0. The summed E-state index contributed by atoms with van der Waals surface area (Å²) in [5, 5.41) is 3.40. The summed E-state index contributed by atoms with van der Waals surface area (Å²) in [7, 11) is 0. The molecular weight excluding hydrogens is 248 g/mol. The average Bonchev–Trinajstić information content (AvgIpc) is 2.84. The summed E-state index contributed by atoms with van der Waals surface area (Å²) in [6, 6.07) is 6.60. The minimum atomic E-state index is 0.996. The fourth-order valence-corrected chi connectivity index (χ4v) is 2.94. The Hall–Kier alpha value is -1.39. The van der Waals surface area contributed by atoms with Crippen LogP contribution >= 0.6 is 0 Å². The third-order valence-corrected chi connectivity index (χ3v) is 4.06. The van der Waals surface area contributed by atoms with Gasteiger partial charge < -0.3 is 15.2 Å². The van der Waals surface area contributed by atoms with E-state index in [1.807, 2.05) is 6.92 Å². The molecule has 1 aliphatic heterocycles. The van der Waals surface area contributed by atoms with Crippen LogP contribution < -0.4 is 5.32 Å². The molecule has 20 heavy (non-hydrogen) atoms. The number of aryl methyl sites for hydroxylation is 2. The normalized spacial score (nSPS) is 16.9. The molecule has 2 N–H and O–H groups in total. The Bertz CT molecular complexity index is 555. The van der Waals surface area contributed by atoms with E-state index in [-0.39, 0.29) is 0 Å². The maximum Gasteiger partial charge on any atom is 0.104 e. The SMILES string of the molecule is Cc1nc2ccc(CCCCN3CCNCC3)cc2[nH]1. The number of imidazole rings is 1. The summed E-state index contributed by atoms with van der Waals surface area (Å²) in [5.74, 6) is 0.996. The maximum atomic E-state index is 4.44. The second-order valence-electron chi connectivity index (χ2n) is 5.72. The van der Waals surface area contributed by atoms with Crippen molar-refractivity contribution in [3.8, 4) is 0 Å². The highest BCUT2D eigenvalue weighted by Gasteiger charge is 2.08. The number of H-pyrrole nitrogens is 1. The van der Waals surface area contributed by atoms with Gasteiger partial charge in [-0.3, -0.25) is 0 Å². The monoisotopic (exact) mass is 272 g/mol.